The van der Waals surface area contributed by atoms with Crippen LogP contribution in [-0.4, -0.2) is 13.0 Å². The summed E-state index contributed by atoms with van der Waals surface area (Å²) in [4.78, 5) is 4.46. The van der Waals surface area contributed by atoms with Crippen LogP contribution < -0.4 is 0 Å². The lowest BCUT2D eigenvalue weighted by molar-refractivity contribution is 0.216. The van der Waals surface area contributed by atoms with Gasteiger partial charge in [-0.25, -0.2) is 0 Å². The molecule has 0 aromatic heterocycles. The molecule has 0 saturated heterocycles. The Balaban J connectivity index is 1.89. The molecule has 1 aliphatic rings. The van der Waals surface area contributed by atoms with E-state index in [4.69, 9.17) is 0 Å². The van der Waals surface area contributed by atoms with Gasteiger partial charge in [-0.2, -0.15) is 0 Å². The van der Waals surface area contributed by atoms with Crippen LogP contribution >= 0.6 is 0 Å². The Kier molecular flexibility index (Phi) is 3.77. The standard InChI is InChI=1S/C9H15NO/c1-11-10-8-4-2-3-5-9-6-7-9/h4,9H,2-3,5-7H2,1H3. The summed E-state index contributed by atoms with van der Waals surface area (Å²) < 4.78 is 0. The average molecular weight is 153 g/mol. The first kappa shape index (κ1) is 8.35. The van der Waals surface area contributed by atoms with E-state index in [-0.39, 0.29) is 0 Å². The Bertz CT molecular complexity index is 155. The van der Waals surface area contributed by atoms with Crippen LogP contribution in [0.5, 0.6) is 0 Å². The van der Waals surface area contributed by atoms with Gasteiger partial charge in [0.2, 0.25) is 0 Å². The number of nitrogens with zero attached hydrogens (tertiary/aromatic N) is 1. The summed E-state index contributed by atoms with van der Waals surface area (Å²) in [6, 6.07) is 0. The minimum Gasteiger partial charge on any atom is -0.392 e. The molecule has 0 bridgehead atoms. The van der Waals surface area contributed by atoms with Gasteiger partial charge in [0.05, 0.1) is 0 Å². The van der Waals surface area contributed by atoms with E-state index in [2.05, 4.69) is 15.9 Å². The molecule has 0 aromatic carbocycles. The van der Waals surface area contributed by atoms with Crippen molar-refractivity contribution in [3.63, 3.8) is 0 Å². The van der Waals surface area contributed by atoms with Crippen molar-refractivity contribution < 1.29 is 4.84 Å². The topological polar surface area (TPSA) is 21.6 Å². The highest BCUT2D eigenvalue weighted by Crippen LogP contribution is 2.33. The molecule has 0 aliphatic heterocycles. The van der Waals surface area contributed by atoms with E-state index < -0.39 is 0 Å². The minimum atomic E-state index is 1.04. The Morgan fingerprint density at radius 3 is 3.09 bits per heavy atom. The fourth-order valence-electron chi connectivity index (χ4n) is 1.07. The second-order valence-corrected chi connectivity index (χ2v) is 2.98. The van der Waals surface area contributed by atoms with Crippen LogP contribution in [0.2, 0.25) is 0 Å². The number of allylic oxidation sites excluding steroid dienone is 1. The first-order valence-electron chi connectivity index (χ1n) is 4.24. The van der Waals surface area contributed by atoms with E-state index in [1.165, 1.54) is 32.8 Å². The van der Waals surface area contributed by atoms with Crippen LogP contribution in [0.4, 0.5) is 0 Å². The molecule has 2 heteroatoms. The molecule has 1 fully saturated rings. The zero-order valence-electron chi connectivity index (χ0n) is 7.05. The highest BCUT2D eigenvalue weighted by atomic mass is 16.6. The van der Waals surface area contributed by atoms with Crippen molar-refractivity contribution in [1.82, 2.24) is 0 Å². The molecule has 11 heavy (non-hydrogen) atoms. The third-order valence-corrected chi connectivity index (χ3v) is 1.89. The average Bonchev–Trinajstić information content (AvgIpc) is 2.80. The van der Waals surface area contributed by atoms with Crippen molar-refractivity contribution in [2.75, 3.05) is 7.11 Å². The third kappa shape index (κ3) is 4.63. The molecule has 0 amide bonds. The van der Waals surface area contributed by atoms with Gasteiger partial charge < -0.3 is 4.84 Å². The number of hydrogen-bond donors (Lipinski definition) is 0. The van der Waals surface area contributed by atoms with Gasteiger partial charge >= 0.3 is 0 Å². The number of rotatable bonds is 5. The van der Waals surface area contributed by atoms with Crippen LogP contribution in [-0.2, 0) is 4.84 Å². The highest BCUT2D eigenvalue weighted by Gasteiger charge is 2.19. The van der Waals surface area contributed by atoms with Gasteiger partial charge in [-0.15, -0.1) is 0 Å². The van der Waals surface area contributed by atoms with E-state index >= 15 is 0 Å². The van der Waals surface area contributed by atoms with Crippen LogP contribution in [0, 0.1) is 5.92 Å². The van der Waals surface area contributed by atoms with Crippen molar-refractivity contribution in [3.8, 4) is 0 Å². The Labute approximate surface area is 67.9 Å². The largest absolute Gasteiger partial charge is 0.392 e. The highest BCUT2D eigenvalue weighted by molar-refractivity contribution is 5.50. The van der Waals surface area contributed by atoms with Gasteiger partial charge in [-0.1, -0.05) is 19.3 Å². The fourth-order valence-corrected chi connectivity index (χ4v) is 1.07. The molecular formula is C9H15NO. The molecule has 62 valence electrons. The van der Waals surface area contributed by atoms with Gasteiger partial charge in [0.25, 0.3) is 0 Å². The van der Waals surface area contributed by atoms with Crippen molar-refractivity contribution in [2.45, 2.75) is 32.1 Å². The number of unbranched alkanes of at least 4 members (excludes halogenated alkanes) is 1. The molecule has 0 aromatic rings. The lowest BCUT2D eigenvalue weighted by Crippen LogP contribution is -1.75. The summed E-state index contributed by atoms with van der Waals surface area (Å²) in [7, 11) is 1.53. The molecule has 1 aliphatic carbocycles. The molecule has 0 atom stereocenters. The van der Waals surface area contributed by atoms with Crippen LogP contribution in [0.3, 0.4) is 0 Å². The quantitative estimate of drug-likeness (QED) is 0.337. The van der Waals surface area contributed by atoms with E-state index in [9.17, 15) is 0 Å². The van der Waals surface area contributed by atoms with Crippen molar-refractivity contribution >= 4 is 5.87 Å². The first-order chi connectivity index (χ1) is 5.43. The Morgan fingerprint density at radius 2 is 2.45 bits per heavy atom. The molecular weight excluding hydrogens is 138 g/mol. The van der Waals surface area contributed by atoms with Crippen molar-refractivity contribution in [2.24, 2.45) is 11.1 Å². The predicted molar refractivity (Wildman–Crippen MR) is 45.6 cm³/mol. The second kappa shape index (κ2) is 4.97. The van der Waals surface area contributed by atoms with E-state index in [0.29, 0.717) is 0 Å². The molecule has 2 nitrogen and oxygen atoms in total. The number of hydrogen-bond acceptors (Lipinski definition) is 2. The smallest absolute Gasteiger partial charge is 0.107 e. The lowest BCUT2D eigenvalue weighted by Gasteiger charge is -1.90. The van der Waals surface area contributed by atoms with Gasteiger partial charge in [-0.3, -0.25) is 0 Å². The van der Waals surface area contributed by atoms with Gasteiger partial charge in [-0.05, 0) is 30.0 Å². The van der Waals surface area contributed by atoms with Gasteiger partial charge in [0, 0.05) is 5.87 Å². The zero-order chi connectivity index (χ0) is 7.94. The van der Waals surface area contributed by atoms with E-state index in [0.717, 1.165) is 12.3 Å². The predicted octanol–water partition coefficient (Wildman–Crippen LogP) is 2.35. The van der Waals surface area contributed by atoms with E-state index in [1.54, 1.807) is 0 Å². The summed E-state index contributed by atoms with van der Waals surface area (Å²) in [6.07, 6.45) is 8.59. The maximum atomic E-state index is 4.46. The van der Waals surface area contributed by atoms with Crippen molar-refractivity contribution in [1.29, 1.82) is 0 Å². The molecule has 0 heterocycles. The van der Waals surface area contributed by atoms with Gasteiger partial charge in [0.15, 0.2) is 0 Å². The molecule has 0 unspecified atom stereocenters. The lowest BCUT2D eigenvalue weighted by atomic mass is 10.2. The summed E-state index contributed by atoms with van der Waals surface area (Å²) in [5.41, 5.74) is 0. The normalized spacial score (nSPS) is 15.4. The van der Waals surface area contributed by atoms with Gasteiger partial charge in [0.1, 0.15) is 7.11 Å². The van der Waals surface area contributed by atoms with Crippen LogP contribution in [0.1, 0.15) is 32.1 Å². The van der Waals surface area contributed by atoms with Crippen molar-refractivity contribution in [3.05, 3.63) is 6.08 Å². The minimum absolute atomic E-state index is 1.04. The molecule has 1 rings (SSSR count). The summed E-state index contributed by atoms with van der Waals surface area (Å²) in [5.74, 6) is 3.75. The summed E-state index contributed by atoms with van der Waals surface area (Å²) in [5, 5.41) is 3.50. The summed E-state index contributed by atoms with van der Waals surface area (Å²) in [6.45, 7) is 0. The molecule has 1 saturated carbocycles. The molecule has 0 N–H and O–H groups in total. The SMILES string of the molecule is CON=C=CCCCC1CC1. The summed E-state index contributed by atoms with van der Waals surface area (Å²) >= 11 is 0. The second-order valence-electron chi connectivity index (χ2n) is 2.98. The van der Waals surface area contributed by atoms with E-state index in [1.807, 2.05) is 6.08 Å². The zero-order valence-corrected chi connectivity index (χ0v) is 7.05. The maximum absolute atomic E-state index is 4.46. The maximum Gasteiger partial charge on any atom is 0.107 e. The molecule has 0 spiro atoms. The Hall–Kier alpha value is -0.750. The monoisotopic (exact) mass is 153 g/mol. The first-order valence-corrected chi connectivity index (χ1v) is 4.24. The molecule has 0 radical (unpaired) electrons. The van der Waals surface area contributed by atoms with Crippen LogP contribution in [0.25, 0.3) is 0 Å². The fraction of sp³-hybridized carbons (Fsp3) is 0.778. The van der Waals surface area contributed by atoms with Crippen LogP contribution in [0.15, 0.2) is 11.2 Å². The third-order valence-electron chi connectivity index (χ3n) is 1.89. The Morgan fingerprint density at radius 1 is 1.64 bits per heavy atom.